The molecule has 0 spiro atoms. The van der Waals surface area contributed by atoms with Crippen molar-refractivity contribution in [1.29, 1.82) is 0 Å². The van der Waals surface area contributed by atoms with E-state index in [0.717, 1.165) is 19.3 Å². The molecule has 0 saturated carbocycles. The highest BCUT2D eigenvalue weighted by molar-refractivity contribution is 5.75. The standard InChI is InChI=1S/C22H44O2/c1-7-9-11-13-15-17-21(3,4)19-24-20(23)22(5,6)18-16-14-12-10-8-2/h7-19H2,1-6H3. The molecule has 0 heterocycles. The number of ether oxygens (including phenoxy) is 1. The zero-order valence-corrected chi connectivity index (χ0v) is 17.5. The molecule has 144 valence electrons. The van der Waals surface area contributed by atoms with Gasteiger partial charge in [-0.25, -0.2) is 0 Å². The van der Waals surface area contributed by atoms with Gasteiger partial charge in [-0.15, -0.1) is 0 Å². The second kappa shape index (κ2) is 12.8. The number of carbonyl (C=O) groups excluding carboxylic acids is 1. The molecule has 0 aromatic carbocycles. The molecule has 24 heavy (non-hydrogen) atoms. The predicted octanol–water partition coefficient (Wildman–Crippen LogP) is 7.30. The number of rotatable bonds is 15. The molecule has 0 aromatic rings. The molecule has 0 radical (unpaired) electrons. The van der Waals surface area contributed by atoms with Crippen LogP contribution in [-0.2, 0) is 9.53 Å². The van der Waals surface area contributed by atoms with Crippen molar-refractivity contribution in [1.82, 2.24) is 0 Å². The van der Waals surface area contributed by atoms with Crippen LogP contribution in [0.3, 0.4) is 0 Å². The Labute approximate surface area is 152 Å². The van der Waals surface area contributed by atoms with Crippen LogP contribution in [0.2, 0.25) is 0 Å². The molecule has 2 nitrogen and oxygen atoms in total. The Morgan fingerprint density at radius 1 is 0.708 bits per heavy atom. The van der Waals surface area contributed by atoms with Gasteiger partial charge in [0.15, 0.2) is 0 Å². The molecule has 2 heteroatoms. The van der Waals surface area contributed by atoms with Crippen LogP contribution in [0.1, 0.15) is 119 Å². The summed E-state index contributed by atoms with van der Waals surface area (Å²) in [4.78, 5) is 12.4. The van der Waals surface area contributed by atoms with Gasteiger partial charge in [-0.3, -0.25) is 4.79 Å². The fourth-order valence-electron chi connectivity index (χ4n) is 3.01. The average molecular weight is 341 g/mol. The lowest BCUT2D eigenvalue weighted by Crippen LogP contribution is -2.30. The van der Waals surface area contributed by atoms with Gasteiger partial charge in [0.1, 0.15) is 0 Å². The predicted molar refractivity (Wildman–Crippen MR) is 105 cm³/mol. The lowest BCUT2D eigenvalue weighted by molar-refractivity contribution is -0.157. The number of esters is 1. The summed E-state index contributed by atoms with van der Waals surface area (Å²) in [6.07, 6.45) is 14.8. The number of hydrogen-bond acceptors (Lipinski definition) is 2. The lowest BCUT2D eigenvalue weighted by Gasteiger charge is -2.28. The van der Waals surface area contributed by atoms with Crippen LogP contribution in [-0.4, -0.2) is 12.6 Å². The summed E-state index contributed by atoms with van der Waals surface area (Å²) in [5.41, 5.74) is -0.248. The van der Waals surface area contributed by atoms with Gasteiger partial charge in [0, 0.05) is 0 Å². The molecule has 0 fully saturated rings. The van der Waals surface area contributed by atoms with Crippen LogP contribution in [0.4, 0.5) is 0 Å². The summed E-state index contributed by atoms with van der Waals surface area (Å²) in [5.74, 6) is -0.0166. The summed E-state index contributed by atoms with van der Waals surface area (Å²) < 4.78 is 5.69. The minimum absolute atomic E-state index is 0.0166. The van der Waals surface area contributed by atoms with E-state index in [1.165, 1.54) is 57.8 Å². The first kappa shape index (κ1) is 23.5. The first-order chi connectivity index (χ1) is 11.2. The number of carbonyl (C=O) groups is 1. The molecule has 0 amide bonds. The summed E-state index contributed by atoms with van der Waals surface area (Å²) in [6.45, 7) is 13.5. The summed E-state index contributed by atoms with van der Waals surface area (Å²) >= 11 is 0. The Morgan fingerprint density at radius 3 is 1.67 bits per heavy atom. The molecule has 0 aliphatic carbocycles. The maximum absolute atomic E-state index is 12.4. The van der Waals surface area contributed by atoms with Crippen molar-refractivity contribution in [3.8, 4) is 0 Å². The van der Waals surface area contributed by atoms with Crippen molar-refractivity contribution < 1.29 is 9.53 Å². The first-order valence-corrected chi connectivity index (χ1v) is 10.4. The third-order valence-electron chi connectivity index (χ3n) is 5.01. The summed E-state index contributed by atoms with van der Waals surface area (Å²) in [7, 11) is 0. The van der Waals surface area contributed by atoms with Crippen LogP contribution >= 0.6 is 0 Å². The molecule has 0 atom stereocenters. The second-order valence-corrected chi connectivity index (χ2v) is 8.95. The third kappa shape index (κ3) is 11.9. The highest BCUT2D eigenvalue weighted by Gasteiger charge is 2.30. The number of hydrogen-bond donors (Lipinski definition) is 0. The molecular weight excluding hydrogens is 296 g/mol. The lowest BCUT2D eigenvalue weighted by atomic mass is 9.85. The third-order valence-corrected chi connectivity index (χ3v) is 5.01. The van der Waals surface area contributed by atoms with Crippen molar-refractivity contribution in [3.05, 3.63) is 0 Å². The molecule has 0 aromatic heterocycles. The van der Waals surface area contributed by atoms with Crippen molar-refractivity contribution in [2.24, 2.45) is 10.8 Å². The molecular formula is C22H44O2. The highest BCUT2D eigenvalue weighted by Crippen LogP contribution is 2.29. The van der Waals surface area contributed by atoms with Crippen molar-refractivity contribution >= 4 is 5.97 Å². The largest absolute Gasteiger partial charge is 0.465 e. The Balaban J connectivity index is 4.01. The van der Waals surface area contributed by atoms with E-state index in [9.17, 15) is 4.79 Å². The van der Waals surface area contributed by atoms with Gasteiger partial charge < -0.3 is 4.74 Å². The minimum atomic E-state index is -0.344. The van der Waals surface area contributed by atoms with Gasteiger partial charge in [0.2, 0.25) is 0 Å². The molecule has 0 saturated heterocycles. The summed E-state index contributed by atoms with van der Waals surface area (Å²) in [6, 6.07) is 0. The zero-order valence-electron chi connectivity index (χ0n) is 17.5. The van der Waals surface area contributed by atoms with E-state index in [2.05, 4.69) is 27.7 Å². The molecule has 0 aliphatic rings. The molecule has 0 unspecified atom stereocenters. The fourth-order valence-corrected chi connectivity index (χ4v) is 3.01. The van der Waals surface area contributed by atoms with Crippen molar-refractivity contribution in [2.45, 2.75) is 119 Å². The topological polar surface area (TPSA) is 26.3 Å². The van der Waals surface area contributed by atoms with Crippen LogP contribution in [0.5, 0.6) is 0 Å². The van der Waals surface area contributed by atoms with Crippen molar-refractivity contribution in [3.63, 3.8) is 0 Å². The zero-order chi connectivity index (χ0) is 18.5. The fraction of sp³-hybridized carbons (Fsp3) is 0.955. The van der Waals surface area contributed by atoms with Gasteiger partial charge in [-0.05, 0) is 32.1 Å². The average Bonchev–Trinajstić information content (AvgIpc) is 2.52. The molecule has 0 rings (SSSR count). The van der Waals surface area contributed by atoms with Crippen molar-refractivity contribution in [2.75, 3.05) is 6.61 Å². The van der Waals surface area contributed by atoms with Crippen LogP contribution in [0.15, 0.2) is 0 Å². The van der Waals surface area contributed by atoms with E-state index in [1.807, 2.05) is 13.8 Å². The minimum Gasteiger partial charge on any atom is -0.465 e. The van der Waals surface area contributed by atoms with Gasteiger partial charge >= 0.3 is 5.97 Å². The van der Waals surface area contributed by atoms with E-state index >= 15 is 0 Å². The maximum Gasteiger partial charge on any atom is 0.311 e. The van der Waals surface area contributed by atoms with E-state index in [0.29, 0.717) is 6.61 Å². The molecule has 0 bridgehead atoms. The van der Waals surface area contributed by atoms with Crippen LogP contribution < -0.4 is 0 Å². The Bertz CT molecular complexity index is 318. The summed E-state index contributed by atoms with van der Waals surface area (Å²) in [5, 5.41) is 0. The van der Waals surface area contributed by atoms with Gasteiger partial charge in [-0.2, -0.15) is 0 Å². The quantitative estimate of drug-likeness (QED) is 0.231. The molecule has 0 aliphatic heterocycles. The Kier molecular flexibility index (Phi) is 12.5. The van der Waals surface area contributed by atoms with Gasteiger partial charge in [0.05, 0.1) is 12.0 Å². The monoisotopic (exact) mass is 340 g/mol. The molecule has 0 N–H and O–H groups in total. The van der Waals surface area contributed by atoms with E-state index in [1.54, 1.807) is 0 Å². The maximum atomic E-state index is 12.4. The highest BCUT2D eigenvalue weighted by atomic mass is 16.5. The second-order valence-electron chi connectivity index (χ2n) is 8.95. The normalized spacial score (nSPS) is 12.4. The smallest absolute Gasteiger partial charge is 0.311 e. The SMILES string of the molecule is CCCCCCCC(C)(C)COC(=O)C(C)(C)CCCCCCC. The van der Waals surface area contributed by atoms with Gasteiger partial charge in [-0.1, -0.05) is 91.9 Å². The van der Waals surface area contributed by atoms with E-state index < -0.39 is 0 Å². The Morgan fingerprint density at radius 2 is 1.17 bits per heavy atom. The first-order valence-electron chi connectivity index (χ1n) is 10.4. The van der Waals surface area contributed by atoms with Gasteiger partial charge in [0.25, 0.3) is 0 Å². The van der Waals surface area contributed by atoms with Crippen LogP contribution in [0, 0.1) is 10.8 Å². The van der Waals surface area contributed by atoms with E-state index in [-0.39, 0.29) is 16.8 Å². The van der Waals surface area contributed by atoms with E-state index in [4.69, 9.17) is 4.74 Å². The number of unbranched alkanes of at least 4 members (excludes halogenated alkanes) is 8. The van der Waals surface area contributed by atoms with Crippen LogP contribution in [0.25, 0.3) is 0 Å². The Hall–Kier alpha value is -0.530.